The number of ether oxygens (including phenoxy) is 1. The molecule has 0 bridgehead atoms. The average molecular weight is 1290 g/mol. The number of rotatable bonds is 8. The van der Waals surface area contributed by atoms with Gasteiger partial charge in [-0.3, -0.25) is 0 Å². The number of anilines is 4. The van der Waals surface area contributed by atoms with Crippen molar-refractivity contribution < 1.29 is 40.9 Å². The summed E-state index contributed by atoms with van der Waals surface area (Å²) in [6, 6.07) is 49.7. The van der Waals surface area contributed by atoms with Crippen molar-refractivity contribution in [3.05, 3.63) is 241 Å². The molecule has 1 aliphatic rings. The van der Waals surface area contributed by atoms with Gasteiger partial charge in [-0.15, -0.1) is 48.1 Å². The maximum atomic E-state index is 9.25. The van der Waals surface area contributed by atoms with Gasteiger partial charge in [-0.05, 0) is 139 Å². The zero-order valence-electron chi connectivity index (χ0n) is 60.4. The molecule has 424 valence electrons. The number of nitrogens with zero attached hydrogens (tertiary/aromatic N) is 5. The largest absolute Gasteiger partial charge is 0.509 e. The maximum absolute atomic E-state index is 9.25. The van der Waals surface area contributed by atoms with Gasteiger partial charge in [0.25, 0.3) is 0 Å². The second-order valence-electron chi connectivity index (χ2n) is 26.0. The van der Waals surface area contributed by atoms with Crippen LogP contribution in [0.15, 0.2) is 194 Å². The molecule has 13 rings (SSSR count). The van der Waals surface area contributed by atoms with Gasteiger partial charge >= 0.3 is 0 Å². The van der Waals surface area contributed by atoms with Crippen LogP contribution in [0.2, 0.25) is 0 Å². The minimum Gasteiger partial charge on any atom is -0.509 e. The molecule has 0 unspecified atom stereocenters. The smallest absolute Gasteiger partial charge is 0.135 e. The summed E-state index contributed by atoms with van der Waals surface area (Å²) in [5, 5.41) is 1.11. The van der Waals surface area contributed by atoms with Crippen LogP contribution in [0.3, 0.4) is 0 Å². The molecule has 0 atom stereocenters. The molecule has 7 heteroatoms. The summed E-state index contributed by atoms with van der Waals surface area (Å²) in [7, 11) is 0. The molecule has 0 fully saturated rings. The van der Waals surface area contributed by atoms with E-state index in [1.165, 1.54) is 21.3 Å². The third-order valence-corrected chi connectivity index (χ3v) is 16.1. The zero-order valence-corrected chi connectivity index (χ0v) is 51.7. The van der Waals surface area contributed by atoms with Crippen molar-refractivity contribution in [2.45, 2.75) is 112 Å². The van der Waals surface area contributed by atoms with Crippen molar-refractivity contribution in [2.75, 3.05) is 9.80 Å². The number of hydrogen-bond donors (Lipinski definition) is 0. The molecule has 0 N–H and O–H groups in total. The molecular formula is C77H72N5OPt-3. The van der Waals surface area contributed by atoms with Crippen LogP contribution in [-0.2, 0) is 42.7 Å². The van der Waals surface area contributed by atoms with E-state index in [9.17, 15) is 2.74 Å². The van der Waals surface area contributed by atoms with Crippen LogP contribution in [0.1, 0.15) is 126 Å². The van der Waals surface area contributed by atoms with Crippen LogP contribution in [-0.4, -0.2) is 14.1 Å². The number of benzene rings is 9. The fraction of sp³-hybridized carbons (Fsp3) is 0.221. The van der Waals surface area contributed by atoms with Crippen LogP contribution in [0, 0.1) is 25.7 Å². The number of aromatic nitrogens is 3. The first-order valence-corrected chi connectivity index (χ1v) is 28.3. The fourth-order valence-electron chi connectivity index (χ4n) is 11.2. The van der Waals surface area contributed by atoms with Crippen molar-refractivity contribution in [3.8, 4) is 45.3 Å². The molecule has 0 saturated heterocycles. The summed E-state index contributed by atoms with van der Waals surface area (Å²) in [6.07, 6.45) is 1.59. The Kier molecular flexibility index (Phi) is 11.0. The summed E-state index contributed by atoms with van der Waals surface area (Å²) in [4.78, 5) is 9.43. The molecular weight excluding hydrogens is 1210 g/mol. The van der Waals surface area contributed by atoms with Crippen molar-refractivity contribution in [1.82, 2.24) is 14.1 Å². The van der Waals surface area contributed by atoms with Gasteiger partial charge in [-0.2, -0.15) is 12.1 Å². The molecule has 0 spiro atoms. The zero-order chi connectivity index (χ0) is 67.4. The van der Waals surface area contributed by atoms with Gasteiger partial charge in [0, 0.05) is 87.5 Å². The Balaban J connectivity index is 0.00000864. The first kappa shape index (κ1) is 44.4. The molecule has 6 nitrogen and oxygen atoms in total. The number of hydrogen-bond acceptors (Lipinski definition) is 4. The quantitative estimate of drug-likeness (QED) is 0.142. The Hall–Kier alpha value is -8.18. The van der Waals surface area contributed by atoms with E-state index in [2.05, 4.69) is 172 Å². The second-order valence-corrected chi connectivity index (χ2v) is 26.0. The molecule has 3 aromatic heterocycles. The van der Waals surface area contributed by atoms with Crippen molar-refractivity contribution >= 4 is 66.4 Å². The first-order chi connectivity index (χ1) is 44.1. The Morgan fingerprint density at radius 3 is 1.79 bits per heavy atom. The molecule has 1 aliphatic heterocycles. The van der Waals surface area contributed by atoms with Crippen molar-refractivity contribution in [3.63, 3.8) is 0 Å². The predicted molar refractivity (Wildman–Crippen MR) is 349 cm³/mol. The molecule has 0 amide bonds. The van der Waals surface area contributed by atoms with Gasteiger partial charge in [0.15, 0.2) is 0 Å². The van der Waals surface area contributed by atoms with Gasteiger partial charge in [0.2, 0.25) is 0 Å². The van der Waals surface area contributed by atoms with E-state index in [1.807, 2.05) is 53.1 Å². The number of aryl methyl sites for hydroxylation is 1. The topological polar surface area (TPSA) is 38.5 Å². The minimum absolute atomic E-state index is 0. The molecule has 0 saturated carbocycles. The van der Waals surface area contributed by atoms with Gasteiger partial charge in [-0.1, -0.05) is 186 Å². The molecule has 9 aromatic carbocycles. The maximum Gasteiger partial charge on any atom is 0.135 e. The molecule has 0 aliphatic carbocycles. The van der Waals surface area contributed by atoms with E-state index in [-0.39, 0.29) is 75.9 Å². The summed E-state index contributed by atoms with van der Waals surface area (Å²) < 4.78 is 108. The average Bonchev–Trinajstić information content (AvgIpc) is 1.55. The molecule has 4 heterocycles. The van der Waals surface area contributed by atoms with Gasteiger partial charge < -0.3 is 23.7 Å². The van der Waals surface area contributed by atoms with E-state index in [4.69, 9.17) is 22.1 Å². The summed E-state index contributed by atoms with van der Waals surface area (Å²) >= 11 is 0. The van der Waals surface area contributed by atoms with Crippen LogP contribution < -0.4 is 14.5 Å². The first-order valence-electron chi connectivity index (χ1n) is 33.8. The van der Waals surface area contributed by atoms with E-state index in [1.54, 1.807) is 36.5 Å². The molecule has 12 aromatic rings. The van der Waals surface area contributed by atoms with Crippen LogP contribution in [0.25, 0.3) is 77.4 Å². The predicted octanol–water partition coefficient (Wildman–Crippen LogP) is 20.9. The van der Waals surface area contributed by atoms with E-state index in [0.29, 0.717) is 55.8 Å². The number of pyridine rings is 1. The van der Waals surface area contributed by atoms with Crippen LogP contribution in [0.5, 0.6) is 11.5 Å². The monoisotopic (exact) mass is 1290 g/mol. The fourth-order valence-corrected chi connectivity index (χ4v) is 11.2. The third kappa shape index (κ3) is 10.2. The summed E-state index contributed by atoms with van der Waals surface area (Å²) in [5.74, 6) is 0.948. The van der Waals surface area contributed by atoms with Crippen LogP contribution >= 0.6 is 0 Å². The molecule has 84 heavy (non-hydrogen) atoms. The van der Waals surface area contributed by atoms with Crippen molar-refractivity contribution in [1.29, 1.82) is 0 Å². The minimum atomic E-state index is -2.59. The Bertz CT molecular complexity index is 5010. The number of para-hydroxylation sites is 2. The van der Waals surface area contributed by atoms with Crippen LogP contribution in [0.4, 0.5) is 22.7 Å². The SMILES string of the molecule is [2H]c1c([2H])c([2H])c2c(c1[2H])c1c([2H])c([2H])c([2H])c([2H])c1n2-c1ccc2c(c1)c1ccc(Oc3[c-]c(N4[CH-]N(c5cc(C(C)(C)C)cc(C(C)(C)C)c5)c5cc(-c6ccc(C(C)(C)C)cc6)ccc54)ccc3)[c-]c1n2-c1cc(C([2H])([2H])[2H])c(-c2cccc(C(C)(C)C)c2)cn1.[Pt]. The molecule has 0 radical (unpaired) electrons. The Morgan fingerprint density at radius 1 is 0.476 bits per heavy atom. The summed E-state index contributed by atoms with van der Waals surface area (Å²) in [5.41, 5.74) is 12.6. The van der Waals surface area contributed by atoms with E-state index >= 15 is 0 Å². The Morgan fingerprint density at radius 2 is 1.12 bits per heavy atom. The normalized spacial score (nSPS) is 15.1. The van der Waals surface area contributed by atoms with Gasteiger partial charge in [0.1, 0.15) is 5.82 Å². The van der Waals surface area contributed by atoms with Gasteiger partial charge in [0.05, 0.1) is 22.0 Å². The third-order valence-electron chi connectivity index (χ3n) is 16.1. The van der Waals surface area contributed by atoms with E-state index < -0.39 is 55.2 Å². The Labute approximate surface area is 526 Å². The van der Waals surface area contributed by atoms with E-state index in [0.717, 1.165) is 33.8 Å². The van der Waals surface area contributed by atoms with Crippen molar-refractivity contribution in [2.24, 2.45) is 0 Å². The van der Waals surface area contributed by atoms with Gasteiger partial charge in [-0.25, -0.2) is 4.98 Å². The summed E-state index contributed by atoms with van der Waals surface area (Å²) in [6.45, 7) is 26.0. The standard InChI is InChI=1S/C77H72N5O.Pt/c1-49-38-73(78-47-66(49)52-20-18-21-54(39-52)75(5,6)7)82-69-37-33-58(81-67-26-16-14-24-62(67)63-25-15-17-27-68(63)81)45-65(69)64-35-34-61(46-71(64)82)83-60-23-19-22-57(44-60)79-48-80(59-42-55(76(8,9)10)41-56(43-59)77(11,12)13)72-40-51(30-36-70(72)79)50-28-31-53(32-29-50)74(2,3)4;/h14-43,45,47-48H,1-13H3;/q-3;/i1D3,14D,15D,16D,17D,24D,25D,26D,27D;. The number of fused-ring (bicyclic) bond motifs is 7. The second kappa shape index (κ2) is 20.9.